The van der Waals surface area contributed by atoms with Gasteiger partial charge in [0, 0.05) is 6.08 Å². The highest BCUT2D eigenvalue weighted by molar-refractivity contribution is 5.78. The fraction of sp³-hybridized carbons (Fsp3) is 0.0833. The number of fused-ring (bicyclic) bond motifs is 1. The minimum atomic E-state index is -0.858. The van der Waals surface area contributed by atoms with Crippen molar-refractivity contribution in [1.29, 1.82) is 0 Å². The maximum Gasteiger partial charge on any atom is 0.308 e. The van der Waals surface area contributed by atoms with Gasteiger partial charge < -0.3 is 9.47 Å². The van der Waals surface area contributed by atoms with E-state index in [4.69, 9.17) is 9.47 Å². The van der Waals surface area contributed by atoms with Gasteiger partial charge >= 0.3 is 5.79 Å². The summed E-state index contributed by atoms with van der Waals surface area (Å²) in [5, 5.41) is 0. The molecule has 0 saturated carbocycles. The van der Waals surface area contributed by atoms with E-state index in [-0.39, 0.29) is 0 Å². The van der Waals surface area contributed by atoms with Gasteiger partial charge in [0.1, 0.15) is 5.69 Å². The molecule has 2 aliphatic heterocycles. The summed E-state index contributed by atoms with van der Waals surface area (Å²) in [4.78, 5) is 4.31. The number of allylic oxidation sites excluding steroid dienone is 2. The third kappa shape index (κ3) is 1.32. The van der Waals surface area contributed by atoms with Crippen LogP contribution in [0.25, 0.3) is 0 Å². The van der Waals surface area contributed by atoms with Crippen LogP contribution in [0.15, 0.2) is 53.7 Å². The van der Waals surface area contributed by atoms with E-state index in [0.717, 1.165) is 11.4 Å². The van der Waals surface area contributed by atoms with Crippen LogP contribution in [0.2, 0.25) is 0 Å². The Labute approximate surface area is 87.4 Å². The SMILES string of the molecule is C1=COC2(C=C1)C=Nc1ccccc1O2. The molecule has 1 atom stereocenters. The van der Waals surface area contributed by atoms with Crippen LogP contribution in [0.5, 0.6) is 5.75 Å². The Bertz CT molecular complexity index is 476. The molecule has 1 aromatic carbocycles. The van der Waals surface area contributed by atoms with Crippen molar-refractivity contribution in [3.8, 4) is 5.75 Å². The summed E-state index contributed by atoms with van der Waals surface area (Å²) in [6.45, 7) is 0. The van der Waals surface area contributed by atoms with Crippen molar-refractivity contribution in [3.63, 3.8) is 0 Å². The molecule has 0 saturated heterocycles. The molecular formula is C12H9NO2. The topological polar surface area (TPSA) is 30.8 Å². The van der Waals surface area contributed by atoms with E-state index >= 15 is 0 Å². The van der Waals surface area contributed by atoms with E-state index in [1.165, 1.54) is 0 Å². The van der Waals surface area contributed by atoms with Gasteiger partial charge in [-0.2, -0.15) is 0 Å². The molecule has 15 heavy (non-hydrogen) atoms. The lowest BCUT2D eigenvalue weighted by Crippen LogP contribution is -2.39. The van der Waals surface area contributed by atoms with E-state index < -0.39 is 5.79 Å². The first-order chi connectivity index (χ1) is 7.38. The Morgan fingerprint density at radius 3 is 2.93 bits per heavy atom. The number of rotatable bonds is 0. The minimum absolute atomic E-state index is 0.736. The summed E-state index contributed by atoms with van der Waals surface area (Å²) in [5.41, 5.74) is 0.828. The zero-order chi connectivity index (χ0) is 10.1. The number of nitrogens with zero attached hydrogens (tertiary/aromatic N) is 1. The first-order valence-electron chi connectivity index (χ1n) is 4.73. The molecule has 3 rings (SSSR count). The maximum atomic E-state index is 5.75. The second-order valence-corrected chi connectivity index (χ2v) is 3.35. The Kier molecular flexibility index (Phi) is 1.65. The van der Waals surface area contributed by atoms with Crippen LogP contribution in [0.3, 0.4) is 0 Å². The smallest absolute Gasteiger partial charge is 0.308 e. The lowest BCUT2D eigenvalue weighted by molar-refractivity contribution is -0.0440. The molecule has 0 radical (unpaired) electrons. The van der Waals surface area contributed by atoms with Crippen molar-refractivity contribution in [2.24, 2.45) is 4.99 Å². The van der Waals surface area contributed by atoms with Gasteiger partial charge in [-0.05, 0) is 18.2 Å². The molecule has 0 aliphatic carbocycles. The molecule has 1 unspecified atom stereocenters. The van der Waals surface area contributed by atoms with Crippen molar-refractivity contribution < 1.29 is 9.47 Å². The molecule has 74 valence electrons. The third-order valence-electron chi connectivity index (χ3n) is 2.29. The molecule has 0 aromatic heterocycles. The number of aliphatic imine (C=N–C) groups is 1. The van der Waals surface area contributed by atoms with Crippen LogP contribution in [0, 0.1) is 0 Å². The zero-order valence-corrected chi connectivity index (χ0v) is 7.96. The van der Waals surface area contributed by atoms with Gasteiger partial charge in [-0.25, -0.2) is 4.99 Å². The maximum absolute atomic E-state index is 5.75. The number of para-hydroxylation sites is 2. The quantitative estimate of drug-likeness (QED) is 0.643. The zero-order valence-electron chi connectivity index (χ0n) is 7.96. The lowest BCUT2D eigenvalue weighted by Gasteiger charge is -2.31. The predicted octanol–water partition coefficient (Wildman–Crippen LogP) is 2.58. The average Bonchev–Trinajstić information content (AvgIpc) is 2.30. The molecule has 3 heteroatoms. The molecule has 1 aromatic rings. The Hall–Kier alpha value is -2.03. The van der Waals surface area contributed by atoms with Crippen molar-refractivity contribution in [3.05, 3.63) is 48.8 Å². The van der Waals surface area contributed by atoms with Gasteiger partial charge in [-0.3, -0.25) is 0 Å². The molecule has 0 fully saturated rings. The highest BCUT2D eigenvalue weighted by Gasteiger charge is 2.33. The molecule has 2 heterocycles. The minimum Gasteiger partial charge on any atom is -0.452 e. The van der Waals surface area contributed by atoms with Crippen LogP contribution in [-0.4, -0.2) is 12.0 Å². The molecule has 0 bridgehead atoms. The third-order valence-corrected chi connectivity index (χ3v) is 2.29. The molecule has 3 nitrogen and oxygen atoms in total. The standard InChI is InChI=1S/C12H9NO2/c1-2-6-11-10(5-1)13-9-12(15-11)7-3-4-8-14-12/h1-9H. The van der Waals surface area contributed by atoms with E-state index in [2.05, 4.69) is 4.99 Å². The summed E-state index contributed by atoms with van der Waals surface area (Å²) < 4.78 is 11.2. The molecular weight excluding hydrogens is 190 g/mol. The van der Waals surface area contributed by atoms with E-state index in [0.29, 0.717) is 0 Å². The van der Waals surface area contributed by atoms with Gasteiger partial charge in [0.2, 0.25) is 0 Å². The summed E-state index contributed by atoms with van der Waals surface area (Å²) in [6, 6.07) is 7.62. The Morgan fingerprint density at radius 1 is 1.13 bits per heavy atom. The summed E-state index contributed by atoms with van der Waals surface area (Å²) >= 11 is 0. The van der Waals surface area contributed by atoms with Crippen molar-refractivity contribution in [1.82, 2.24) is 0 Å². The van der Waals surface area contributed by atoms with Crippen molar-refractivity contribution >= 4 is 11.9 Å². The number of hydrogen-bond acceptors (Lipinski definition) is 3. The van der Waals surface area contributed by atoms with Crippen molar-refractivity contribution in [2.75, 3.05) is 0 Å². The number of benzene rings is 1. The van der Waals surface area contributed by atoms with Crippen LogP contribution >= 0.6 is 0 Å². The summed E-state index contributed by atoms with van der Waals surface area (Å²) in [7, 11) is 0. The van der Waals surface area contributed by atoms with E-state index in [1.807, 2.05) is 42.5 Å². The monoisotopic (exact) mass is 199 g/mol. The molecule has 0 N–H and O–H groups in total. The fourth-order valence-corrected chi connectivity index (χ4v) is 1.56. The van der Waals surface area contributed by atoms with Crippen LogP contribution in [0.4, 0.5) is 5.69 Å². The number of ether oxygens (including phenoxy) is 2. The van der Waals surface area contributed by atoms with Crippen molar-refractivity contribution in [2.45, 2.75) is 5.79 Å². The highest BCUT2D eigenvalue weighted by atomic mass is 16.7. The summed E-state index contributed by atoms with van der Waals surface area (Å²) in [6.07, 6.45) is 8.77. The van der Waals surface area contributed by atoms with Gasteiger partial charge in [0.05, 0.1) is 12.5 Å². The largest absolute Gasteiger partial charge is 0.452 e. The van der Waals surface area contributed by atoms with E-state index in [9.17, 15) is 0 Å². The summed E-state index contributed by atoms with van der Waals surface area (Å²) in [5.74, 6) is -0.122. The van der Waals surface area contributed by atoms with Crippen LogP contribution in [0.1, 0.15) is 0 Å². The second kappa shape index (κ2) is 2.98. The number of hydrogen-bond donors (Lipinski definition) is 0. The lowest BCUT2D eigenvalue weighted by atomic mass is 10.2. The van der Waals surface area contributed by atoms with E-state index in [1.54, 1.807) is 12.5 Å². The first-order valence-corrected chi connectivity index (χ1v) is 4.73. The van der Waals surface area contributed by atoms with Crippen LogP contribution < -0.4 is 4.74 Å². The highest BCUT2D eigenvalue weighted by Crippen LogP contribution is 2.35. The average molecular weight is 199 g/mol. The second-order valence-electron chi connectivity index (χ2n) is 3.35. The Balaban J connectivity index is 2.02. The Morgan fingerprint density at radius 2 is 2.07 bits per heavy atom. The first kappa shape index (κ1) is 8.29. The van der Waals surface area contributed by atoms with Gasteiger partial charge in [-0.1, -0.05) is 18.2 Å². The molecule has 2 aliphatic rings. The van der Waals surface area contributed by atoms with Gasteiger partial charge in [0.15, 0.2) is 5.75 Å². The van der Waals surface area contributed by atoms with Gasteiger partial charge in [-0.15, -0.1) is 0 Å². The van der Waals surface area contributed by atoms with Crippen LogP contribution in [-0.2, 0) is 4.74 Å². The fourth-order valence-electron chi connectivity index (χ4n) is 1.56. The van der Waals surface area contributed by atoms with Gasteiger partial charge in [0.25, 0.3) is 0 Å². The normalized spacial score (nSPS) is 25.9. The predicted molar refractivity (Wildman–Crippen MR) is 57.3 cm³/mol. The molecule has 0 amide bonds. The molecule has 1 spiro atoms.